The van der Waals surface area contributed by atoms with E-state index in [-0.39, 0.29) is 9.76 Å². The molecule has 0 aromatic carbocycles. The minimum absolute atomic E-state index is 0.0484. The van der Waals surface area contributed by atoms with Crippen LogP contribution in [0.2, 0.25) is 6.04 Å². The molecule has 0 aromatic heterocycles. The first-order valence-corrected chi connectivity index (χ1v) is 4.11. The summed E-state index contributed by atoms with van der Waals surface area (Å²) in [6, 6.07) is 1.08. The van der Waals surface area contributed by atoms with Crippen LogP contribution in [-0.4, -0.2) is 16.2 Å². The zero-order valence-electron chi connectivity index (χ0n) is 5.09. The van der Waals surface area contributed by atoms with Crippen molar-refractivity contribution in [1.29, 1.82) is 0 Å². The molecule has 0 saturated carbocycles. The summed E-state index contributed by atoms with van der Waals surface area (Å²) in [6.45, 7) is 2.66. The van der Waals surface area contributed by atoms with Crippen LogP contribution in [0.15, 0.2) is 0 Å². The van der Waals surface area contributed by atoms with Gasteiger partial charge in [0, 0.05) is 0 Å². The molecular weight excluding hydrogens is 120 g/mol. The van der Waals surface area contributed by atoms with Crippen LogP contribution < -0.4 is 0 Å². The van der Waals surface area contributed by atoms with E-state index >= 15 is 0 Å². The van der Waals surface area contributed by atoms with Crippen molar-refractivity contribution in [1.82, 2.24) is 0 Å². The summed E-state index contributed by atoms with van der Waals surface area (Å²) in [5.74, 6) is 0. The highest BCUT2D eigenvalue weighted by Crippen LogP contribution is 1.91. The van der Waals surface area contributed by atoms with Crippen LogP contribution in [0.25, 0.3) is 0 Å². The Balaban J connectivity index is 2.62. The van der Waals surface area contributed by atoms with Crippen molar-refractivity contribution in [3.63, 3.8) is 0 Å². The molecule has 0 aliphatic carbocycles. The van der Waals surface area contributed by atoms with Crippen LogP contribution in [0.4, 0.5) is 0 Å². The van der Waals surface area contributed by atoms with Gasteiger partial charge in [-0.3, -0.25) is 4.79 Å². The zero-order valence-corrected chi connectivity index (χ0v) is 6.25. The lowest BCUT2D eigenvalue weighted by Gasteiger charge is -1.91. The van der Waals surface area contributed by atoms with E-state index < -0.39 is 0 Å². The Kier molecular flexibility index (Phi) is 6.43. The van der Waals surface area contributed by atoms with Gasteiger partial charge >= 0.3 is 0 Å². The summed E-state index contributed by atoms with van der Waals surface area (Å²) in [4.78, 5) is 9.57. The van der Waals surface area contributed by atoms with Crippen molar-refractivity contribution in [2.24, 2.45) is 0 Å². The number of carbonyl (C=O) groups excluding carboxylic acids is 1. The lowest BCUT2D eigenvalue weighted by Crippen LogP contribution is -1.94. The first-order chi connectivity index (χ1) is 3.91. The third-order valence-electron chi connectivity index (χ3n) is 0.827. The molecule has 0 bridgehead atoms. The highest BCUT2D eigenvalue weighted by molar-refractivity contribution is 6.29. The van der Waals surface area contributed by atoms with E-state index in [1.165, 1.54) is 12.8 Å². The van der Waals surface area contributed by atoms with Gasteiger partial charge in [0.2, 0.25) is 0 Å². The van der Waals surface area contributed by atoms with E-state index in [0.717, 1.165) is 6.04 Å². The Bertz CT molecular complexity index is 56.4. The van der Waals surface area contributed by atoms with Gasteiger partial charge in [0.25, 0.3) is 16.2 Å². The van der Waals surface area contributed by atoms with Crippen LogP contribution in [0.3, 0.4) is 0 Å². The molecule has 0 rings (SSSR count). The second kappa shape index (κ2) is 6.69. The molecular formula is C5H11O2Si. The Morgan fingerprint density at radius 3 is 3.00 bits per heavy atom. The van der Waals surface area contributed by atoms with Crippen LogP contribution in [-0.2, 0) is 9.22 Å². The van der Waals surface area contributed by atoms with Gasteiger partial charge in [0.05, 0.1) is 0 Å². The van der Waals surface area contributed by atoms with Crippen molar-refractivity contribution < 1.29 is 9.22 Å². The fourth-order valence-corrected chi connectivity index (χ4v) is 1.18. The van der Waals surface area contributed by atoms with Crippen LogP contribution in [0, 0.1) is 0 Å². The molecule has 0 heterocycles. The molecule has 1 radical (unpaired) electrons. The standard InChI is InChI=1S/C5H11O2Si/c1-2-3-4-8-7-5-6/h5,8H,2-4H2,1H3. The molecule has 0 aromatic rings. The van der Waals surface area contributed by atoms with Crippen molar-refractivity contribution in [3.05, 3.63) is 0 Å². The highest BCUT2D eigenvalue weighted by Gasteiger charge is 1.85. The molecule has 0 unspecified atom stereocenters. The predicted molar refractivity (Wildman–Crippen MR) is 34.0 cm³/mol. The molecule has 0 atom stereocenters. The first kappa shape index (κ1) is 7.69. The van der Waals surface area contributed by atoms with Crippen molar-refractivity contribution in [2.45, 2.75) is 25.8 Å². The van der Waals surface area contributed by atoms with Gasteiger partial charge in [-0.1, -0.05) is 19.8 Å². The van der Waals surface area contributed by atoms with Gasteiger partial charge in [-0.25, -0.2) is 0 Å². The summed E-state index contributed by atoms with van der Waals surface area (Å²) >= 11 is 0. The normalized spacial score (nSPS) is 8.62. The predicted octanol–water partition coefficient (Wildman–Crippen LogP) is 0.729. The van der Waals surface area contributed by atoms with Gasteiger partial charge in [-0.15, -0.1) is 0 Å². The average molecular weight is 131 g/mol. The fraction of sp³-hybridized carbons (Fsp3) is 0.800. The van der Waals surface area contributed by atoms with Crippen LogP contribution >= 0.6 is 0 Å². The number of hydrogen-bond donors (Lipinski definition) is 0. The van der Waals surface area contributed by atoms with Gasteiger partial charge in [-0.2, -0.15) is 0 Å². The van der Waals surface area contributed by atoms with E-state index in [2.05, 4.69) is 11.3 Å². The molecule has 0 N–H and O–H groups in total. The second-order valence-electron chi connectivity index (χ2n) is 1.54. The molecule has 0 aliphatic rings. The Labute approximate surface area is 52.2 Å². The topological polar surface area (TPSA) is 26.3 Å². The maximum atomic E-state index is 9.57. The Hall–Kier alpha value is -0.313. The molecule has 0 spiro atoms. The molecule has 47 valence electrons. The zero-order chi connectivity index (χ0) is 6.24. The largest absolute Gasteiger partial charge is 0.523 e. The fourth-order valence-electron chi connectivity index (χ4n) is 0.395. The number of rotatable bonds is 5. The van der Waals surface area contributed by atoms with E-state index in [0.29, 0.717) is 6.47 Å². The quantitative estimate of drug-likeness (QED) is 0.312. The molecule has 0 amide bonds. The summed E-state index contributed by atoms with van der Waals surface area (Å²) in [7, 11) is -0.0484. The lowest BCUT2D eigenvalue weighted by atomic mass is 10.4. The molecule has 8 heavy (non-hydrogen) atoms. The average Bonchev–Trinajstić information content (AvgIpc) is 1.81. The van der Waals surface area contributed by atoms with E-state index in [1.54, 1.807) is 0 Å². The Morgan fingerprint density at radius 2 is 2.50 bits per heavy atom. The SMILES string of the molecule is CCCC[SiH]OC=O. The van der Waals surface area contributed by atoms with Crippen LogP contribution in [0.1, 0.15) is 19.8 Å². The molecule has 3 heteroatoms. The minimum atomic E-state index is -0.0484. The third-order valence-corrected chi connectivity index (χ3v) is 1.77. The summed E-state index contributed by atoms with van der Waals surface area (Å²) in [5, 5.41) is 0. The minimum Gasteiger partial charge on any atom is -0.523 e. The number of carbonyl (C=O) groups is 1. The number of hydrogen-bond acceptors (Lipinski definition) is 2. The third kappa shape index (κ3) is 5.69. The van der Waals surface area contributed by atoms with Gasteiger partial charge in [0.15, 0.2) is 0 Å². The maximum Gasteiger partial charge on any atom is 0.279 e. The van der Waals surface area contributed by atoms with Gasteiger partial charge in [-0.05, 0) is 6.04 Å². The summed E-state index contributed by atoms with van der Waals surface area (Å²) in [5.41, 5.74) is 0. The monoisotopic (exact) mass is 131 g/mol. The molecule has 0 fully saturated rings. The molecule has 2 nitrogen and oxygen atoms in total. The lowest BCUT2D eigenvalue weighted by molar-refractivity contribution is -0.120. The van der Waals surface area contributed by atoms with E-state index in [4.69, 9.17) is 0 Å². The van der Waals surface area contributed by atoms with E-state index in [1.807, 2.05) is 0 Å². The number of unbranched alkanes of at least 4 members (excludes halogenated alkanes) is 1. The van der Waals surface area contributed by atoms with E-state index in [9.17, 15) is 4.79 Å². The highest BCUT2D eigenvalue weighted by atomic mass is 28.2. The van der Waals surface area contributed by atoms with Crippen LogP contribution in [0.5, 0.6) is 0 Å². The van der Waals surface area contributed by atoms with Crippen molar-refractivity contribution in [2.75, 3.05) is 0 Å². The molecule has 0 aliphatic heterocycles. The summed E-state index contributed by atoms with van der Waals surface area (Å²) in [6.07, 6.45) is 2.37. The Morgan fingerprint density at radius 1 is 1.75 bits per heavy atom. The molecule has 0 saturated heterocycles. The smallest absolute Gasteiger partial charge is 0.279 e. The first-order valence-electron chi connectivity index (χ1n) is 2.82. The van der Waals surface area contributed by atoms with Crippen molar-refractivity contribution in [3.8, 4) is 0 Å². The summed E-state index contributed by atoms with van der Waals surface area (Å²) < 4.78 is 4.54. The second-order valence-corrected chi connectivity index (χ2v) is 2.72. The van der Waals surface area contributed by atoms with Gasteiger partial charge < -0.3 is 4.43 Å². The van der Waals surface area contributed by atoms with Gasteiger partial charge in [0.1, 0.15) is 0 Å². The maximum absolute atomic E-state index is 9.57. The van der Waals surface area contributed by atoms with Crippen molar-refractivity contribution >= 4 is 16.2 Å².